The van der Waals surface area contributed by atoms with Crippen molar-refractivity contribution in [2.45, 2.75) is 38.6 Å². The molecule has 1 N–H and O–H groups in total. The first-order valence-corrected chi connectivity index (χ1v) is 9.95. The fourth-order valence-corrected chi connectivity index (χ4v) is 3.79. The molecule has 2 heterocycles. The molecular weight excluding hydrogens is 370 g/mol. The number of pyridine rings is 1. The van der Waals surface area contributed by atoms with Gasteiger partial charge < -0.3 is 24.4 Å². The Bertz CT molecular complexity index is 831. The number of hydrogen-bond acceptors (Lipinski definition) is 6. The van der Waals surface area contributed by atoms with Crippen LogP contribution in [0.25, 0.3) is 0 Å². The van der Waals surface area contributed by atoms with Gasteiger partial charge in [-0.2, -0.15) is 0 Å². The van der Waals surface area contributed by atoms with Crippen LogP contribution in [-0.2, 0) is 0 Å². The number of methoxy groups -OCH3 is 3. The van der Waals surface area contributed by atoms with Crippen molar-refractivity contribution < 1.29 is 19.0 Å². The molecule has 1 saturated heterocycles. The number of likely N-dealkylation sites (tertiary alicyclic amines) is 1. The summed E-state index contributed by atoms with van der Waals surface area (Å²) in [7, 11) is 4.71. The summed E-state index contributed by atoms with van der Waals surface area (Å²) in [5.41, 5.74) is 1.36. The van der Waals surface area contributed by atoms with E-state index in [9.17, 15) is 4.79 Å². The minimum absolute atomic E-state index is 0.0619. The summed E-state index contributed by atoms with van der Waals surface area (Å²) in [5, 5.41) is 3.23. The van der Waals surface area contributed by atoms with Crippen LogP contribution in [0, 0.1) is 0 Å². The summed E-state index contributed by atoms with van der Waals surface area (Å²) in [4.78, 5) is 19.4. The van der Waals surface area contributed by atoms with Crippen molar-refractivity contribution in [2.24, 2.45) is 0 Å². The largest absolute Gasteiger partial charge is 0.493 e. The average molecular weight is 399 g/mol. The van der Waals surface area contributed by atoms with Gasteiger partial charge in [0.25, 0.3) is 5.91 Å². The van der Waals surface area contributed by atoms with Gasteiger partial charge in [-0.3, -0.25) is 4.79 Å². The second-order valence-electron chi connectivity index (χ2n) is 7.03. The number of hydrogen-bond donors (Lipinski definition) is 1. The van der Waals surface area contributed by atoms with Gasteiger partial charge in [0.15, 0.2) is 11.5 Å². The van der Waals surface area contributed by atoms with Gasteiger partial charge in [-0.25, -0.2) is 4.98 Å². The lowest BCUT2D eigenvalue weighted by Crippen LogP contribution is -2.43. The smallest absolute Gasteiger partial charge is 0.254 e. The minimum atomic E-state index is 0.0619. The van der Waals surface area contributed by atoms with E-state index in [2.05, 4.69) is 17.2 Å². The predicted molar refractivity (Wildman–Crippen MR) is 113 cm³/mol. The molecule has 1 aliphatic rings. The zero-order valence-corrected chi connectivity index (χ0v) is 17.5. The molecule has 1 aromatic carbocycles. The van der Waals surface area contributed by atoms with E-state index < -0.39 is 0 Å². The number of aromatic nitrogens is 1. The first kappa shape index (κ1) is 20.8. The number of benzene rings is 1. The molecule has 0 aliphatic carbocycles. The van der Waals surface area contributed by atoms with Crippen LogP contribution in [0.5, 0.6) is 17.2 Å². The highest BCUT2D eigenvalue weighted by atomic mass is 16.5. The molecule has 0 spiro atoms. The van der Waals surface area contributed by atoms with E-state index in [1.807, 2.05) is 4.90 Å². The Balaban J connectivity index is 1.84. The Kier molecular flexibility index (Phi) is 6.80. The van der Waals surface area contributed by atoms with Crippen LogP contribution in [0.2, 0.25) is 0 Å². The van der Waals surface area contributed by atoms with Gasteiger partial charge in [-0.05, 0) is 37.8 Å². The molecule has 1 unspecified atom stereocenters. The average Bonchev–Trinajstić information content (AvgIpc) is 2.77. The third-order valence-electron chi connectivity index (χ3n) is 5.30. The standard InChI is InChI=1S/C22H29N3O4/c1-5-17-8-6-7-11-25(17)22(26)15-9-10-23-20(12-15)24-16-13-18(27-2)21(29-4)19(14-16)28-3/h9-10,12-14,17H,5-8,11H2,1-4H3,(H,23,24). The van der Waals surface area contributed by atoms with Crippen molar-refractivity contribution in [3.8, 4) is 17.2 Å². The molecule has 1 aliphatic heterocycles. The molecule has 2 aromatic rings. The summed E-state index contributed by atoms with van der Waals surface area (Å²) < 4.78 is 16.2. The molecule has 0 radical (unpaired) electrons. The highest BCUT2D eigenvalue weighted by molar-refractivity contribution is 5.95. The van der Waals surface area contributed by atoms with Gasteiger partial charge in [0.2, 0.25) is 5.75 Å². The van der Waals surface area contributed by atoms with Crippen LogP contribution in [-0.4, -0.2) is 49.7 Å². The van der Waals surface area contributed by atoms with Crippen LogP contribution in [0.15, 0.2) is 30.5 Å². The maximum Gasteiger partial charge on any atom is 0.254 e. The topological polar surface area (TPSA) is 72.9 Å². The zero-order chi connectivity index (χ0) is 20.8. The van der Waals surface area contributed by atoms with E-state index in [-0.39, 0.29) is 5.91 Å². The zero-order valence-electron chi connectivity index (χ0n) is 17.5. The van der Waals surface area contributed by atoms with Crippen LogP contribution < -0.4 is 19.5 Å². The molecule has 156 valence electrons. The Morgan fingerprint density at radius 3 is 2.48 bits per heavy atom. The van der Waals surface area contributed by atoms with Crippen molar-refractivity contribution in [3.05, 3.63) is 36.0 Å². The fourth-order valence-electron chi connectivity index (χ4n) is 3.79. The molecular formula is C22H29N3O4. The molecule has 7 heteroatoms. The summed E-state index contributed by atoms with van der Waals surface area (Å²) in [6, 6.07) is 7.47. The molecule has 1 fully saturated rings. The number of amides is 1. The van der Waals surface area contributed by atoms with Crippen molar-refractivity contribution >= 4 is 17.4 Å². The number of rotatable bonds is 7. The molecule has 1 aromatic heterocycles. The summed E-state index contributed by atoms with van der Waals surface area (Å²) in [6.07, 6.45) is 5.95. The highest BCUT2D eigenvalue weighted by Gasteiger charge is 2.26. The number of nitrogens with one attached hydrogen (secondary N) is 1. The number of anilines is 2. The second-order valence-corrected chi connectivity index (χ2v) is 7.03. The lowest BCUT2D eigenvalue weighted by Gasteiger charge is -2.35. The fraction of sp³-hybridized carbons (Fsp3) is 0.455. The molecule has 0 bridgehead atoms. The van der Waals surface area contributed by atoms with Crippen LogP contribution in [0.1, 0.15) is 43.0 Å². The normalized spacial score (nSPS) is 16.3. The molecule has 1 amide bonds. The number of nitrogens with zero attached hydrogens (tertiary/aromatic N) is 2. The molecule has 3 rings (SSSR count). The third kappa shape index (κ3) is 4.55. The van der Waals surface area contributed by atoms with Gasteiger partial charge in [-0.1, -0.05) is 6.92 Å². The molecule has 7 nitrogen and oxygen atoms in total. The summed E-state index contributed by atoms with van der Waals surface area (Å²) in [6.45, 7) is 2.95. The van der Waals surface area contributed by atoms with Gasteiger partial charge >= 0.3 is 0 Å². The Hall–Kier alpha value is -2.96. The number of piperidine rings is 1. The van der Waals surface area contributed by atoms with Crippen LogP contribution in [0.3, 0.4) is 0 Å². The maximum atomic E-state index is 13.1. The monoisotopic (exact) mass is 399 g/mol. The van der Waals surface area contributed by atoms with Gasteiger partial charge in [0.05, 0.1) is 21.3 Å². The van der Waals surface area contributed by atoms with E-state index >= 15 is 0 Å². The highest BCUT2D eigenvalue weighted by Crippen LogP contribution is 2.40. The van der Waals surface area contributed by atoms with Crippen molar-refractivity contribution in [2.75, 3.05) is 33.2 Å². The van der Waals surface area contributed by atoms with E-state index in [1.54, 1.807) is 51.8 Å². The van der Waals surface area contributed by atoms with Crippen LogP contribution in [0.4, 0.5) is 11.5 Å². The number of carbonyl (C=O) groups excluding carboxylic acids is 1. The molecule has 1 atom stereocenters. The minimum Gasteiger partial charge on any atom is -0.493 e. The number of ether oxygens (including phenoxy) is 3. The number of carbonyl (C=O) groups is 1. The van der Waals surface area contributed by atoms with Crippen LogP contribution >= 0.6 is 0 Å². The Morgan fingerprint density at radius 1 is 1.14 bits per heavy atom. The first-order valence-electron chi connectivity index (χ1n) is 9.95. The third-order valence-corrected chi connectivity index (χ3v) is 5.30. The van der Waals surface area contributed by atoms with Crippen molar-refractivity contribution in [1.82, 2.24) is 9.88 Å². The van der Waals surface area contributed by atoms with Gasteiger partial charge in [0, 0.05) is 42.2 Å². The second kappa shape index (κ2) is 9.49. The van der Waals surface area contributed by atoms with E-state index in [1.165, 1.54) is 6.42 Å². The molecule has 29 heavy (non-hydrogen) atoms. The van der Waals surface area contributed by atoms with E-state index in [0.717, 1.165) is 31.5 Å². The lowest BCUT2D eigenvalue weighted by molar-refractivity contribution is 0.0608. The first-order chi connectivity index (χ1) is 14.1. The van der Waals surface area contributed by atoms with Gasteiger partial charge in [0.1, 0.15) is 5.82 Å². The Labute approximate surface area is 172 Å². The predicted octanol–water partition coefficient (Wildman–Crippen LogP) is 4.26. The van der Waals surface area contributed by atoms with E-state index in [0.29, 0.717) is 34.7 Å². The SMILES string of the molecule is CCC1CCCCN1C(=O)c1ccnc(Nc2cc(OC)c(OC)c(OC)c2)c1. The van der Waals surface area contributed by atoms with E-state index in [4.69, 9.17) is 14.2 Å². The molecule has 0 saturated carbocycles. The maximum absolute atomic E-state index is 13.1. The van der Waals surface area contributed by atoms with Crippen molar-refractivity contribution in [1.29, 1.82) is 0 Å². The lowest BCUT2D eigenvalue weighted by atomic mass is 9.99. The van der Waals surface area contributed by atoms with Gasteiger partial charge in [-0.15, -0.1) is 0 Å². The summed E-state index contributed by atoms with van der Waals surface area (Å²) in [5.74, 6) is 2.25. The Morgan fingerprint density at radius 2 is 1.86 bits per heavy atom. The quantitative estimate of drug-likeness (QED) is 0.750. The van der Waals surface area contributed by atoms with Crippen molar-refractivity contribution in [3.63, 3.8) is 0 Å². The summed E-state index contributed by atoms with van der Waals surface area (Å²) >= 11 is 0.